The fraction of sp³-hybridized carbons (Fsp3) is 0.571. The Bertz CT molecular complexity index is 376. The lowest BCUT2D eigenvalue weighted by atomic mass is 10.0. The van der Waals surface area contributed by atoms with Gasteiger partial charge in [0.25, 0.3) is 0 Å². The van der Waals surface area contributed by atoms with Crippen molar-refractivity contribution < 1.29 is 4.74 Å². The molecule has 1 saturated carbocycles. The second kappa shape index (κ2) is 5.87. The van der Waals surface area contributed by atoms with Crippen LogP contribution in [0.2, 0.25) is 0 Å². The zero-order chi connectivity index (χ0) is 12.3. The Morgan fingerprint density at radius 2 is 2.24 bits per heavy atom. The maximum atomic E-state index is 5.50. The van der Waals surface area contributed by atoms with E-state index < -0.39 is 0 Å². The molecule has 2 rings (SSSR count). The first kappa shape index (κ1) is 12.9. The summed E-state index contributed by atoms with van der Waals surface area (Å²) in [7, 11) is 1.75. The summed E-state index contributed by atoms with van der Waals surface area (Å²) in [6.07, 6.45) is 3.84. The predicted octanol–water partition coefficient (Wildman–Crippen LogP) is 3.91. The van der Waals surface area contributed by atoms with Crippen LogP contribution in [0.25, 0.3) is 0 Å². The van der Waals surface area contributed by atoms with E-state index in [1.165, 1.54) is 24.8 Å². The summed E-state index contributed by atoms with van der Waals surface area (Å²) in [6.45, 7) is 3.27. The van der Waals surface area contributed by atoms with E-state index >= 15 is 0 Å². The number of hydrogen-bond donors (Lipinski definition) is 1. The van der Waals surface area contributed by atoms with Crippen LogP contribution in [0.5, 0.6) is 5.75 Å². The van der Waals surface area contributed by atoms with Gasteiger partial charge in [0.2, 0.25) is 0 Å². The van der Waals surface area contributed by atoms with Crippen LogP contribution in [-0.2, 0) is 0 Å². The fourth-order valence-electron chi connectivity index (χ4n) is 2.20. The highest BCUT2D eigenvalue weighted by Gasteiger charge is 2.33. The molecule has 1 aliphatic carbocycles. The van der Waals surface area contributed by atoms with Crippen LogP contribution in [0.3, 0.4) is 0 Å². The van der Waals surface area contributed by atoms with E-state index in [0.717, 1.165) is 22.7 Å². The predicted molar refractivity (Wildman–Crippen MR) is 74.5 cm³/mol. The van der Waals surface area contributed by atoms with Crippen LogP contribution in [-0.4, -0.2) is 13.7 Å². The maximum absolute atomic E-state index is 5.50. The quantitative estimate of drug-likeness (QED) is 0.860. The minimum absolute atomic E-state index is 0.456. The van der Waals surface area contributed by atoms with Gasteiger partial charge in [-0.3, -0.25) is 0 Å². The largest absolute Gasteiger partial charge is 0.496 e. The summed E-state index contributed by atoms with van der Waals surface area (Å²) in [6, 6.07) is 6.78. The normalized spacial score (nSPS) is 16.9. The second-order valence-corrected chi connectivity index (χ2v) is 5.57. The van der Waals surface area contributed by atoms with Crippen molar-refractivity contribution >= 4 is 15.9 Å². The SMILES string of the molecule is CCCNC(c1ccc(Br)cc1OC)C1CC1. The molecule has 2 nitrogen and oxygen atoms in total. The van der Waals surface area contributed by atoms with Gasteiger partial charge in [-0.05, 0) is 43.9 Å². The van der Waals surface area contributed by atoms with Crippen molar-refractivity contribution in [1.29, 1.82) is 0 Å². The lowest BCUT2D eigenvalue weighted by Gasteiger charge is -2.21. The first-order chi connectivity index (χ1) is 8.26. The molecule has 0 bridgehead atoms. The van der Waals surface area contributed by atoms with Crippen molar-refractivity contribution in [3.63, 3.8) is 0 Å². The van der Waals surface area contributed by atoms with E-state index in [1.807, 2.05) is 0 Å². The highest BCUT2D eigenvalue weighted by molar-refractivity contribution is 9.10. The van der Waals surface area contributed by atoms with E-state index in [2.05, 4.69) is 46.4 Å². The summed E-state index contributed by atoms with van der Waals surface area (Å²) in [5, 5.41) is 3.65. The fourth-order valence-corrected chi connectivity index (χ4v) is 2.54. The van der Waals surface area contributed by atoms with Crippen LogP contribution in [0.4, 0.5) is 0 Å². The lowest BCUT2D eigenvalue weighted by molar-refractivity contribution is 0.390. The number of benzene rings is 1. The molecule has 1 aromatic rings. The second-order valence-electron chi connectivity index (χ2n) is 4.66. The molecule has 17 heavy (non-hydrogen) atoms. The first-order valence-electron chi connectivity index (χ1n) is 6.33. The maximum Gasteiger partial charge on any atom is 0.124 e. The molecule has 3 heteroatoms. The standard InChI is InChI=1S/C14H20BrNO/c1-3-8-16-14(10-4-5-10)12-7-6-11(15)9-13(12)17-2/h6-7,9-10,14,16H,3-5,8H2,1-2H3. The smallest absolute Gasteiger partial charge is 0.124 e. The topological polar surface area (TPSA) is 21.3 Å². The summed E-state index contributed by atoms with van der Waals surface area (Å²) >= 11 is 3.49. The molecule has 1 N–H and O–H groups in total. The highest BCUT2D eigenvalue weighted by Crippen LogP contribution is 2.44. The Balaban J connectivity index is 2.21. The van der Waals surface area contributed by atoms with Crippen LogP contribution >= 0.6 is 15.9 Å². The van der Waals surface area contributed by atoms with Crippen molar-refractivity contribution in [3.8, 4) is 5.75 Å². The minimum Gasteiger partial charge on any atom is -0.496 e. The molecule has 0 aliphatic heterocycles. The molecule has 0 spiro atoms. The number of rotatable bonds is 6. The number of ether oxygens (including phenoxy) is 1. The average molecular weight is 298 g/mol. The Morgan fingerprint density at radius 3 is 2.82 bits per heavy atom. The molecule has 94 valence electrons. The summed E-state index contributed by atoms with van der Waals surface area (Å²) < 4.78 is 6.57. The van der Waals surface area contributed by atoms with Crippen LogP contribution in [0.1, 0.15) is 37.8 Å². The Labute approximate surface area is 112 Å². The number of hydrogen-bond acceptors (Lipinski definition) is 2. The van der Waals surface area contributed by atoms with E-state index in [0.29, 0.717) is 6.04 Å². The van der Waals surface area contributed by atoms with Gasteiger partial charge in [-0.15, -0.1) is 0 Å². The van der Waals surface area contributed by atoms with Gasteiger partial charge in [0, 0.05) is 16.1 Å². The summed E-state index contributed by atoms with van der Waals surface area (Å²) in [5.74, 6) is 1.77. The molecule has 1 aliphatic rings. The molecular weight excluding hydrogens is 278 g/mol. The third-order valence-electron chi connectivity index (χ3n) is 3.24. The van der Waals surface area contributed by atoms with Crippen molar-refractivity contribution in [3.05, 3.63) is 28.2 Å². The van der Waals surface area contributed by atoms with Crippen LogP contribution in [0, 0.1) is 5.92 Å². The molecule has 0 heterocycles. The van der Waals surface area contributed by atoms with E-state index in [9.17, 15) is 0 Å². The average Bonchev–Trinajstić information content (AvgIpc) is 3.15. The van der Waals surface area contributed by atoms with Gasteiger partial charge in [0.15, 0.2) is 0 Å². The molecule has 0 radical (unpaired) electrons. The highest BCUT2D eigenvalue weighted by atomic mass is 79.9. The van der Waals surface area contributed by atoms with Crippen molar-refractivity contribution in [1.82, 2.24) is 5.32 Å². The van der Waals surface area contributed by atoms with Gasteiger partial charge in [0.05, 0.1) is 7.11 Å². The molecule has 1 atom stereocenters. The van der Waals surface area contributed by atoms with Crippen molar-refractivity contribution in [2.75, 3.05) is 13.7 Å². The van der Waals surface area contributed by atoms with E-state index in [4.69, 9.17) is 4.74 Å². The molecule has 1 fully saturated rings. The number of halogens is 1. The van der Waals surface area contributed by atoms with Gasteiger partial charge in [-0.25, -0.2) is 0 Å². The first-order valence-corrected chi connectivity index (χ1v) is 7.12. The van der Waals surface area contributed by atoms with Gasteiger partial charge in [-0.1, -0.05) is 28.9 Å². The zero-order valence-electron chi connectivity index (χ0n) is 10.5. The Kier molecular flexibility index (Phi) is 4.46. The van der Waals surface area contributed by atoms with Crippen molar-refractivity contribution in [2.24, 2.45) is 5.92 Å². The van der Waals surface area contributed by atoms with Gasteiger partial charge in [-0.2, -0.15) is 0 Å². The molecule has 0 amide bonds. The van der Waals surface area contributed by atoms with Crippen molar-refractivity contribution in [2.45, 2.75) is 32.2 Å². The number of nitrogens with one attached hydrogen (secondary N) is 1. The molecule has 1 aromatic carbocycles. The molecular formula is C14H20BrNO. The lowest BCUT2D eigenvalue weighted by Crippen LogP contribution is -2.24. The molecule has 0 aromatic heterocycles. The minimum atomic E-state index is 0.456. The third-order valence-corrected chi connectivity index (χ3v) is 3.73. The van der Waals surface area contributed by atoms with Crippen LogP contribution < -0.4 is 10.1 Å². The monoisotopic (exact) mass is 297 g/mol. The Morgan fingerprint density at radius 1 is 1.47 bits per heavy atom. The number of methoxy groups -OCH3 is 1. The summed E-state index contributed by atoms with van der Waals surface area (Å²) in [4.78, 5) is 0. The third kappa shape index (κ3) is 3.23. The Hall–Kier alpha value is -0.540. The van der Waals surface area contributed by atoms with Crippen LogP contribution in [0.15, 0.2) is 22.7 Å². The van der Waals surface area contributed by atoms with E-state index in [1.54, 1.807) is 7.11 Å². The summed E-state index contributed by atoms with van der Waals surface area (Å²) in [5.41, 5.74) is 1.30. The van der Waals surface area contributed by atoms with E-state index in [-0.39, 0.29) is 0 Å². The molecule has 0 saturated heterocycles. The van der Waals surface area contributed by atoms with Gasteiger partial charge in [0.1, 0.15) is 5.75 Å². The van der Waals surface area contributed by atoms with Gasteiger partial charge >= 0.3 is 0 Å². The van der Waals surface area contributed by atoms with Gasteiger partial charge < -0.3 is 10.1 Å². The molecule has 1 unspecified atom stereocenters. The zero-order valence-corrected chi connectivity index (χ0v) is 12.1.